The first-order valence-corrected chi connectivity index (χ1v) is 10.2. The van der Waals surface area contributed by atoms with Crippen LogP contribution in [-0.4, -0.2) is 60.9 Å². The molecule has 2 fully saturated rings. The van der Waals surface area contributed by atoms with Crippen LogP contribution >= 0.6 is 11.6 Å². The summed E-state index contributed by atoms with van der Waals surface area (Å²) in [6.45, 7) is 1.63. The third-order valence-corrected chi connectivity index (χ3v) is 6.06. The van der Waals surface area contributed by atoms with Crippen molar-refractivity contribution in [2.75, 3.05) is 33.3 Å². The normalized spacial score (nSPS) is 27.5. The van der Waals surface area contributed by atoms with Gasteiger partial charge in [0.15, 0.2) is 5.96 Å². The van der Waals surface area contributed by atoms with Crippen molar-refractivity contribution in [3.8, 4) is 5.88 Å². The molecule has 0 spiro atoms. The Balaban J connectivity index is 1.19. The second-order valence-corrected chi connectivity index (χ2v) is 7.80. The summed E-state index contributed by atoms with van der Waals surface area (Å²) in [5.74, 6) is 1.09. The van der Waals surface area contributed by atoms with Crippen molar-refractivity contribution in [3.63, 3.8) is 0 Å². The molecule has 29 heavy (non-hydrogen) atoms. The lowest BCUT2D eigenvalue weighted by atomic mass is 9.85. The van der Waals surface area contributed by atoms with Gasteiger partial charge in [-0.25, -0.2) is 4.98 Å². The summed E-state index contributed by atoms with van der Waals surface area (Å²) in [5.41, 5.74) is 0. The Kier molecular flexibility index (Phi) is 5.71. The van der Waals surface area contributed by atoms with E-state index >= 15 is 0 Å². The van der Waals surface area contributed by atoms with Crippen LogP contribution in [0.1, 0.15) is 6.42 Å². The fourth-order valence-electron chi connectivity index (χ4n) is 4.49. The Hall–Kier alpha value is -2.61. The topological polar surface area (TPSA) is 95.9 Å². The fraction of sp³-hybridized carbons (Fsp3) is 0.500. The zero-order chi connectivity index (χ0) is 20.4. The Bertz CT molecular complexity index is 828. The average Bonchev–Trinajstić information content (AvgIpc) is 3.40. The number of hydrogen-bond donors (Lipinski definition) is 2. The largest absolute Gasteiger partial charge is 0.475 e. The highest BCUT2D eigenvalue weighted by molar-refractivity contribution is 6.31. The van der Waals surface area contributed by atoms with Gasteiger partial charge in [0.25, 0.3) is 0 Å². The van der Waals surface area contributed by atoms with Crippen molar-refractivity contribution in [2.45, 2.75) is 6.42 Å². The molecule has 1 saturated heterocycles. The number of carbonyl (C=O) groups is 2. The molecule has 2 N–H and O–H groups in total. The van der Waals surface area contributed by atoms with Gasteiger partial charge in [-0.05, 0) is 30.4 Å². The van der Waals surface area contributed by atoms with Crippen LogP contribution in [0.5, 0.6) is 5.88 Å². The Labute approximate surface area is 174 Å². The van der Waals surface area contributed by atoms with Gasteiger partial charge in [-0.15, -0.1) is 0 Å². The van der Waals surface area contributed by atoms with E-state index in [1.54, 1.807) is 25.4 Å². The van der Waals surface area contributed by atoms with Crippen LogP contribution in [0, 0.1) is 23.7 Å². The number of guanidine groups is 1. The highest BCUT2D eigenvalue weighted by Crippen LogP contribution is 2.52. The first-order valence-electron chi connectivity index (χ1n) is 9.81. The van der Waals surface area contributed by atoms with Gasteiger partial charge in [-0.1, -0.05) is 23.8 Å². The van der Waals surface area contributed by atoms with Crippen molar-refractivity contribution in [3.05, 3.63) is 35.5 Å². The number of hydrogen-bond acceptors (Lipinski definition) is 5. The zero-order valence-electron chi connectivity index (χ0n) is 16.2. The second-order valence-electron chi connectivity index (χ2n) is 7.39. The number of pyridine rings is 1. The van der Waals surface area contributed by atoms with Crippen molar-refractivity contribution in [2.24, 2.45) is 28.7 Å². The zero-order valence-corrected chi connectivity index (χ0v) is 16.9. The van der Waals surface area contributed by atoms with Gasteiger partial charge in [-0.3, -0.25) is 19.5 Å². The molecule has 1 aromatic heterocycles. The molecule has 4 unspecified atom stereocenters. The number of amides is 2. The van der Waals surface area contributed by atoms with Crippen molar-refractivity contribution in [1.82, 2.24) is 20.5 Å². The number of aromatic nitrogens is 1. The molecule has 154 valence electrons. The lowest BCUT2D eigenvalue weighted by molar-refractivity contribution is -0.140. The molecule has 0 aromatic carbocycles. The number of aliphatic imine (C=N–C) groups is 1. The van der Waals surface area contributed by atoms with E-state index in [2.05, 4.69) is 32.8 Å². The summed E-state index contributed by atoms with van der Waals surface area (Å²) in [6.07, 6.45) is 6.77. The standard InChI is InChI=1S/C20H24ClN5O3/c1-22-20(25-8-10-29-17-14(21)3-2-6-23-17)24-7-9-26-18(27)15-12-4-5-13(11-12)16(15)19(26)28/h2-6,12-13,15-16H,7-11H2,1H3,(H2,22,24,25). The van der Waals surface area contributed by atoms with Crippen LogP contribution in [0.15, 0.2) is 35.5 Å². The smallest absolute Gasteiger partial charge is 0.233 e. The number of carbonyl (C=O) groups excluding carboxylic acids is 2. The molecule has 3 aliphatic rings. The van der Waals surface area contributed by atoms with Gasteiger partial charge < -0.3 is 15.4 Å². The molecule has 4 atom stereocenters. The van der Waals surface area contributed by atoms with E-state index in [4.69, 9.17) is 16.3 Å². The van der Waals surface area contributed by atoms with Gasteiger partial charge in [0.05, 0.1) is 18.4 Å². The molecule has 0 radical (unpaired) electrons. The quantitative estimate of drug-likeness (QED) is 0.227. The minimum Gasteiger partial charge on any atom is -0.475 e. The second kappa shape index (κ2) is 8.41. The molecular weight excluding hydrogens is 394 g/mol. The van der Waals surface area contributed by atoms with Crippen LogP contribution in [0.4, 0.5) is 0 Å². The van der Waals surface area contributed by atoms with Gasteiger partial charge in [0.1, 0.15) is 11.6 Å². The summed E-state index contributed by atoms with van der Waals surface area (Å²) in [4.78, 5) is 35.0. The molecule has 2 bridgehead atoms. The summed E-state index contributed by atoms with van der Waals surface area (Å²) >= 11 is 6.00. The predicted molar refractivity (Wildman–Crippen MR) is 109 cm³/mol. The number of halogens is 1. The molecule has 1 saturated carbocycles. The van der Waals surface area contributed by atoms with Crippen LogP contribution in [-0.2, 0) is 9.59 Å². The monoisotopic (exact) mass is 417 g/mol. The van der Waals surface area contributed by atoms with Gasteiger partial charge in [0, 0.05) is 26.3 Å². The van der Waals surface area contributed by atoms with Crippen molar-refractivity contribution < 1.29 is 14.3 Å². The third-order valence-electron chi connectivity index (χ3n) is 5.77. The van der Waals surface area contributed by atoms with Crippen molar-refractivity contribution in [1.29, 1.82) is 0 Å². The Morgan fingerprint density at radius 3 is 2.59 bits per heavy atom. The molecular formula is C20H24ClN5O3. The predicted octanol–water partition coefficient (Wildman–Crippen LogP) is 1.09. The van der Waals surface area contributed by atoms with Crippen molar-refractivity contribution >= 4 is 29.4 Å². The maximum atomic E-state index is 12.7. The highest BCUT2D eigenvalue weighted by atomic mass is 35.5. The van der Waals surface area contributed by atoms with Gasteiger partial charge in [0.2, 0.25) is 17.7 Å². The first kappa shape index (κ1) is 19.7. The van der Waals surface area contributed by atoms with Crippen LogP contribution in [0.3, 0.4) is 0 Å². The number of nitrogens with one attached hydrogen (secondary N) is 2. The van der Waals surface area contributed by atoms with Gasteiger partial charge >= 0.3 is 0 Å². The number of nitrogens with zero attached hydrogens (tertiary/aromatic N) is 3. The molecule has 4 rings (SSSR count). The number of rotatable bonds is 7. The van der Waals surface area contributed by atoms with Crippen LogP contribution < -0.4 is 15.4 Å². The van der Waals surface area contributed by atoms with E-state index < -0.39 is 0 Å². The van der Waals surface area contributed by atoms with E-state index in [-0.39, 0.29) is 35.5 Å². The Morgan fingerprint density at radius 1 is 1.24 bits per heavy atom. The lowest BCUT2D eigenvalue weighted by Gasteiger charge is -2.18. The summed E-state index contributed by atoms with van der Waals surface area (Å²) < 4.78 is 5.52. The number of fused-ring (bicyclic) bond motifs is 5. The number of imide groups is 1. The minimum absolute atomic E-state index is 0.0257. The first-order chi connectivity index (χ1) is 14.1. The summed E-state index contributed by atoms with van der Waals surface area (Å²) in [6, 6.07) is 3.46. The molecule has 2 aliphatic carbocycles. The number of ether oxygens (including phenoxy) is 1. The van der Waals surface area contributed by atoms with Gasteiger partial charge in [-0.2, -0.15) is 0 Å². The maximum Gasteiger partial charge on any atom is 0.233 e. The minimum atomic E-state index is -0.148. The summed E-state index contributed by atoms with van der Waals surface area (Å²) in [5, 5.41) is 6.71. The molecule has 1 aliphatic heterocycles. The average molecular weight is 418 g/mol. The number of allylic oxidation sites excluding steroid dienone is 2. The molecule has 8 nitrogen and oxygen atoms in total. The van der Waals surface area contributed by atoms with Crippen LogP contribution in [0.2, 0.25) is 5.02 Å². The fourth-order valence-corrected chi connectivity index (χ4v) is 4.66. The van der Waals surface area contributed by atoms with E-state index in [9.17, 15) is 9.59 Å². The molecule has 9 heteroatoms. The molecule has 1 aromatic rings. The molecule has 2 heterocycles. The molecule has 2 amide bonds. The van der Waals surface area contributed by atoms with E-state index in [1.807, 2.05) is 0 Å². The summed E-state index contributed by atoms with van der Waals surface area (Å²) in [7, 11) is 1.66. The van der Waals surface area contributed by atoms with E-state index in [0.717, 1.165) is 6.42 Å². The van der Waals surface area contributed by atoms with E-state index in [0.29, 0.717) is 43.1 Å². The number of likely N-dealkylation sites (tertiary alicyclic amines) is 1. The maximum absolute atomic E-state index is 12.7. The van der Waals surface area contributed by atoms with Crippen LogP contribution in [0.25, 0.3) is 0 Å². The SMILES string of the molecule is CN=C(NCCOc1ncccc1Cl)NCCN1C(=O)C2C3C=CC(C3)C2C1=O. The van der Waals surface area contributed by atoms with E-state index in [1.165, 1.54) is 4.90 Å². The highest BCUT2D eigenvalue weighted by Gasteiger charge is 2.58. The Morgan fingerprint density at radius 2 is 1.93 bits per heavy atom. The third kappa shape index (κ3) is 3.81. The lowest BCUT2D eigenvalue weighted by Crippen LogP contribution is -2.44.